The molecule has 0 unspecified atom stereocenters. The lowest BCUT2D eigenvalue weighted by Gasteiger charge is -2.20. The van der Waals surface area contributed by atoms with E-state index < -0.39 is 10.2 Å². The number of ketones is 1. The Kier molecular flexibility index (Phi) is 2.81. The van der Waals surface area contributed by atoms with Crippen molar-refractivity contribution in [2.24, 2.45) is 5.14 Å². The van der Waals surface area contributed by atoms with Crippen molar-refractivity contribution in [3.63, 3.8) is 0 Å². The average molecular weight is 192 g/mol. The smallest absolute Gasteiger partial charge is 0.274 e. The molecule has 1 saturated carbocycles. The van der Waals surface area contributed by atoms with Crippen LogP contribution < -0.4 is 9.86 Å². The zero-order valence-corrected chi connectivity index (χ0v) is 7.43. The van der Waals surface area contributed by atoms with Gasteiger partial charge in [-0.25, -0.2) is 5.14 Å². The van der Waals surface area contributed by atoms with E-state index in [1.54, 1.807) is 0 Å². The number of Topliss-reactive ketones (excluding diaryl/α,β-unsaturated/α-hetero) is 1. The van der Waals surface area contributed by atoms with E-state index in [2.05, 4.69) is 4.72 Å². The van der Waals surface area contributed by atoms with Gasteiger partial charge in [-0.05, 0) is 12.8 Å². The van der Waals surface area contributed by atoms with E-state index in [-0.39, 0.29) is 11.8 Å². The van der Waals surface area contributed by atoms with Crippen molar-refractivity contribution >= 4 is 16.0 Å². The second kappa shape index (κ2) is 3.51. The number of hydrogen-bond donors (Lipinski definition) is 2. The first kappa shape index (κ1) is 9.63. The number of nitrogens with two attached hydrogens (primary N) is 1. The van der Waals surface area contributed by atoms with E-state index in [9.17, 15) is 13.2 Å². The first-order valence-electron chi connectivity index (χ1n) is 3.79. The van der Waals surface area contributed by atoms with E-state index in [1.165, 1.54) is 0 Å². The van der Waals surface area contributed by atoms with Crippen molar-refractivity contribution in [1.82, 2.24) is 4.72 Å². The molecule has 0 aromatic carbocycles. The predicted octanol–water partition coefficient (Wildman–Crippen LogP) is -0.709. The molecule has 12 heavy (non-hydrogen) atoms. The molecule has 0 aromatic rings. The SMILES string of the molecule is NS(=O)(=O)NC1CCC(=O)CC1. The highest BCUT2D eigenvalue weighted by atomic mass is 32.2. The number of hydrogen-bond acceptors (Lipinski definition) is 3. The zero-order valence-electron chi connectivity index (χ0n) is 6.62. The normalized spacial score (nSPS) is 21.2. The van der Waals surface area contributed by atoms with Crippen LogP contribution in [0, 0.1) is 0 Å². The molecule has 0 atom stereocenters. The molecule has 1 fully saturated rings. The third-order valence-electron chi connectivity index (χ3n) is 1.87. The van der Waals surface area contributed by atoms with Gasteiger partial charge in [-0.15, -0.1) is 0 Å². The molecule has 0 aliphatic heterocycles. The summed E-state index contributed by atoms with van der Waals surface area (Å²) < 4.78 is 23.4. The Bertz CT molecular complexity index is 263. The van der Waals surface area contributed by atoms with Crippen LogP contribution in [0.2, 0.25) is 0 Å². The predicted molar refractivity (Wildman–Crippen MR) is 43.5 cm³/mol. The highest BCUT2D eigenvalue weighted by Crippen LogP contribution is 2.14. The molecule has 70 valence electrons. The van der Waals surface area contributed by atoms with Crippen LogP contribution in [0.4, 0.5) is 0 Å². The summed E-state index contributed by atoms with van der Waals surface area (Å²) >= 11 is 0. The summed E-state index contributed by atoms with van der Waals surface area (Å²) in [5.74, 6) is 0.197. The average Bonchev–Trinajstić information content (AvgIpc) is 1.91. The molecule has 1 aliphatic carbocycles. The van der Waals surface area contributed by atoms with Crippen LogP contribution in [0.5, 0.6) is 0 Å². The minimum absolute atomic E-state index is 0.155. The quantitative estimate of drug-likeness (QED) is 0.605. The van der Waals surface area contributed by atoms with Gasteiger partial charge in [0, 0.05) is 18.9 Å². The Balaban J connectivity index is 2.41. The molecule has 6 heteroatoms. The maximum Gasteiger partial charge on any atom is 0.274 e. The zero-order chi connectivity index (χ0) is 9.19. The van der Waals surface area contributed by atoms with E-state index in [0.717, 1.165) is 0 Å². The van der Waals surface area contributed by atoms with Gasteiger partial charge in [0.1, 0.15) is 5.78 Å². The Hall–Kier alpha value is -0.460. The highest BCUT2D eigenvalue weighted by Gasteiger charge is 2.20. The van der Waals surface area contributed by atoms with E-state index in [1.807, 2.05) is 0 Å². The van der Waals surface area contributed by atoms with Gasteiger partial charge in [-0.2, -0.15) is 13.1 Å². The van der Waals surface area contributed by atoms with E-state index in [4.69, 9.17) is 5.14 Å². The minimum atomic E-state index is -3.60. The molecule has 5 nitrogen and oxygen atoms in total. The second-order valence-electron chi connectivity index (χ2n) is 2.98. The first-order valence-corrected chi connectivity index (χ1v) is 5.34. The van der Waals surface area contributed by atoms with Gasteiger partial charge >= 0.3 is 0 Å². The molecule has 0 heterocycles. The molecule has 0 bridgehead atoms. The maximum absolute atomic E-state index is 10.8. The van der Waals surface area contributed by atoms with Crippen LogP contribution >= 0.6 is 0 Å². The van der Waals surface area contributed by atoms with Gasteiger partial charge in [0.25, 0.3) is 10.2 Å². The van der Waals surface area contributed by atoms with Crippen LogP contribution in [0.3, 0.4) is 0 Å². The Morgan fingerprint density at radius 3 is 2.25 bits per heavy atom. The van der Waals surface area contributed by atoms with Gasteiger partial charge < -0.3 is 0 Å². The first-order chi connectivity index (χ1) is 5.47. The van der Waals surface area contributed by atoms with Crippen LogP contribution in [-0.2, 0) is 15.0 Å². The monoisotopic (exact) mass is 192 g/mol. The van der Waals surface area contributed by atoms with Crippen molar-refractivity contribution in [2.75, 3.05) is 0 Å². The maximum atomic E-state index is 10.8. The van der Waals surface area contributed by atoms with Crippen molar-refractivity contribution in [3.05, 3.63) is 0 Å². The summed E-state index contributed by atoms with van der Waals surface area (Å²) in [4.78, 5) is 10.8. The van der Waals surface area contributed by atoms with Crippen LogP contribution in [0.25, 0.3) is 0 Å². The number of nitrogens with one attached hydrogen (secondary N) is 1. The van der Waals surface area contributed by atoms with Crippen molar-refractivity contribution < 1.29 is 13.2 Å². The summed E-state index contributed by atoms with van der Waals surface area (Å²) in [5.41, 5.74) is 0. The van der Waals surface area contributed by atoms with Gasteiger partial charge in [-0.1, -0.05) is 0 Å². The second-order valence-corrected chi connectivity index (χ2v) is 4.30. The third-order valence-corrected chi connectivity index (χ3v) is 2.54. The fraction of sp³-hybridized carbons (Fsp3) is 0.833. The summed E-state index contributed by atoms with van der Waals surface area (Å²) in [7, 11) is -3.60. The fourth-order valence-electron chi connectivity index (χ4n) is 1.29. The number of rotatable bonds is 2. The Morgan fingerprint density at radius 1 is 1.33 bits per heavy atom. The van der Waals surface area contributed by atoms with Gasteiger partial charge in [0.15, 0.2) is 0 Å². The lowest BCUT2D eigenvalue weighted by atomic mass is 9.95. The third kappa shape index (κ3) is 3.29. The molecule has 3 N–H and O–H groups in total. The van der Waals surface area contributed by atoms with Crippen LogP contribution in [0.1, 0.15) is 25.7 Å². The topological polar surface area (TPSA) is 89.3 Å². The van der Waals surface area contributed by atoms with Crippen molar-refractivity contribution in [2.45, 2.75) is 31.7 Å². The Morgan fingerprint density at radius 2 is 1.83 bits per heavy atom. The molecule has 0 amide bonds. The molecule has 1 rings (SSSR count). The fourth-order valence-corrected chi connectivity index (χ4v) is 1.99. The largest absolute Gasteiger partial charge is 0.300 e. The summed E-state index contributed by atoms with van der Waals surface area (Å²) in [6, 6.07) is -0.155. The van der Waals surface area contributed by atoms with Crippen LogP contribution in [0.15, 0.2) is 0 Å². The molecular weight excluding hydrogens is 180 g/mol. The molecule has 0 radical (unpaired) electrons. The lowest BCUT2D eigenvalue weighted by molar-refractivity contribution is -0.120. The Labute approximate surface area is 71.5 Å². The van der Waals surface area contributed by atoms with Gasteiger partial charge in [-0.3, -0.25) is 4.79 Å². The molecule has 1 aliphatic rings. The van der Waals surface area contributed by atoms with E-state index in [0.29, 0.717) is 25.7 Å². The molecular formula is C6H12N2O3S. The van der Waals surface area contributed by atoms with Gasteiger partial charge in [0.05, 0.1) is 0 Å². The standard InChI is InChI=1S/C6H12N2O3S/c7-12(10,11)8-5-1-3-6(9)4-2-5/h5,8H,1-4H2,(H2,7,10,11). The summed E-state index contributed by atoms with van der Waals surface area (Å²) in [6.45, 7) is 0. The van der Waals surface area contributed by atoms with Gasteiger partial charge in [0.2, 0.25) is 0 Å². The molecule has 0 spiro atoms. The van der Waals surface area contributed by atoms with Crippen molar-refractivity contribution in [1.29, 1.82) is 0 Å². The molecule has 0 saturated heterocycles. The minimum Gasteiger partial charge on any atom is -0.300 e. The highest BCUT2D eigenvalue weighted by molar-refractivity contribution is 7.87. The number of carbonyl (C=O) groups excluding carboxylic acids is 1. The van der Waals surface area contributed by atoms with Crippen LogP contribution in [-0.4, -0.2) is 20.2 Å². The summed E-state index contributed by atoms with van der Waals surface area (Å²) in [6.07, 6.45) is 2.03. The van der Waals surface area contributed by atoms with E-state index >= 15 is 0 Å². The lowest BCUT2D eigenvalue weighted by Crippen LogP contribution is -2.41. The molecule has 0 aromatic heterocycles. The summed E-state index contributed by atoms with van der Waals surface area (Å²) in [5, 5.41) is 4.78. The number of carbonyl (C=O) groups is 1. The van der Waals surface area contributed by atoms with Crippen molar-refractivity contribution in [3.8, 4) is 0 Å².